The van der Waals surface area contributed by atoms with E-state index >= 15 is 0 Å². The second kappa shape index (κ2) is 9.60. The van der Waals surface area contributed by atoms with Gasteiger partial charge in [-0.3, -0.25) is 0 Å². The minimum atomic E-state index is -0.855. The fraction of sp³-hybridized carbons (Fsp3) is 0.381. The molecule has 156 valence electrons. The molecule has 0 radical (unpaired) electrons. The number of carbonyl (C=O) groups is 1. The van der Waals surface area contributed by atoms with Crippen molar-refractivity contribution in [3.05, 3.63) is 82.2 Å². The van der Waals surface area contributed by atoms with E-state index in [9.17, 15) is 4.79 Å². The van der Waals surface area contributed by atoms with Gasteiger partial charge in [-0.2, -0.15) is 0 Å². The predicted molar refractivity (Wildman–Crippen MR) is 104 cm³/mol. The molecule has 2 aliphatic heterocycles. The Labute approximate surface area is 173 Å². The molecule has 0 bridgehead atoms. The summed E-state index contributed by atoms with van der Waals surface area (Å²) < 4.78 is 28.1. The number of hydrogen-bond acceptors (Lipinski definition) is 7. The third kappa shape index (κ3) is 4.72. The lowest BCUT2D eigenvalue weighted by molar-refractivity contribution is -0.164. The van der Waals surface area contributed by atoms with E-state index in [1.54, 1.807) is 0 Å². The molecule has 0 aromatic heterocycles. The van der Waals surface area contributed by atoms with Crippen molar-refractivity contribution in [2.75, 3.05) is 6.61 Å². The molecule has 2 aromatic rings. The standard InChI is InChI=1S/C21H21N3O6/c22-24-23-17-19(26-11-14-7-3-1-4-8-14)18(16-13-28-21(25)29-16)30-20(17)27-12-15-9-5-2-6-10-15/h1-10,16-20H,11-13H2/t16-,17?,18-,19+,20+/m1/s1. The Kier molecular flexibility index (Phi) is 6.46. The summed E-state index contributed by atoms with van der Waals surface area (Å²) in [5.41, 5.74) is 11.0. The Hall–Kier alpha value is -3.10. The maximum Gasteiger partial charge on any atom is 0.508 e. The van der Waals surface area contributed by atoms with Crippen LogP contribution in [0.5, 0.6) is 0 Å². The molecule has 2 aromatic carbocycles. The third-order valence-corrected chi connectivity index (χ3v) is 4.94. The number of azide groups is 1. The highest BCUT2D eigenvalue weighted by Crippen LogP contribution is 2.33. The molecule has 30 heavy (non-hydrogen) atoms. The summed E-state index contributed by atoms with van der Waals surface area (Å²) in [7, 11) is 0. The van der Waals surface area contributed by atoms with Gasteiger partial charge >= 0.3 is 6.16 Å². The monoisotopic (exact) mass is 411 g/mol. The fourth-order valence-electron chi connectivity index (χ4n) is 3.50. The molecule has 9 nitrogen and oxygen atoms in total. The van der Waals surface area contributed by atoms with Crippen molar-refractivity contribution in [2.45, 2.75) is 43.9 Å². The van der Waals surface area contributed by atoms with Crippen molar-refractivity contribution < 1.29 is 28.5 Å². The van der Waals surface area contributed by atoms with Crippen LogP contribution in [0.1, 0.15) is 11.1 Å². The number of rotatable bonds is 8. The van der Waals surface area contributed by atoms with Crippen molar-refractivity contribution in [2.24, 2.45) is 5.11 Å². The summed E-state index contributed by atoms with van der Waals surface area (Å²) in [6, 6.07) is 18.4. The summed E-state index contributed by atoms with van der Waals surface area (Å²) in [6.45, 7) is 0.570. The van der Waals surface area contributed by atoms with Crippen molar-refractivity contribution in [1.82, 2.24) is 0 Å². The zero-order valence-corrected chi connectivity index (χ0v) is 16.1. The maximum atomic E-state index is 11.4. The van der Waals surface area contributed by atoms with E-state index in [-0.39, 0.29) is 19.8 Å². The van der Waals surface area contributed by atoms with Crippen LogP contribution < -0.4 is 0 Å². The largest absolute Gasteiger partial charge is 0.508 e. The van der Waals surface area contributed by atoms with E-state index in [1.165, 1.54) is 0 Å². The van der Waals surface area contributed by atoms with Crippen molar-refractivity contribution in [3.63, 3.8) is 0 Å². The van der Waals surface area contributed by atoms with Gasteiger partial charge in [0.25, 0.3) is 0 Å². The first-order valence-electron chi connectivity index (χ1n) is 9.59. The van der Waals surface area contributed by atoms with E-state index in [0.29, 0.717) is 0 Å². The lowest BCUT2D eigenvalue weighted by atomic mass is 10.0. The van der Waals surface area contributed by atoms with Gasteiger partial charge in [0, 0.05) is 4.91 Å². The van der Waals surface area contributed by atoms with E-state index in [4.69, 9.17) is 29.2 Å². The molecule has 2 aliphatic rings. The van der Waals surface area contributed by atoms with Crippen LogP contribution in [-0.2, 0) is 36.9 Å². The van der Waals surface area contributed by atoms with Crippen LogP contribution in [0, 0.1) is 0 Å². The third-order valence-electron chi connectivity index (χ3n) is 4.94. The highest BCUT2D eigenvalue weighted by molar-refractivity contribution is 5.62. The Balaban J connectivity index is 1.51. The van der Waals surface area contributed by atoms with E-state index in [0.717, 1.165) is 11.1 Å². The molecule has 5 atom stereocenters. The minimum Gasteiger partial charge on any atom is -0.430 e. The molecule has 0 amide bonds. The summed E-state index contributed by atoms with van der Waals surface area (Å²) in [5.74, 6) is 0. The SMILES string of the molecule is [N-]=[N+]=NC1[C@@H](OCc2ccccc2)O[C@H]([C@H]2COC(=O)O2)[C@H]1OCc1ccccc1. The van der Waals surface area contributed by atoms with E-state index in [1.807, 2.05) is 60.7 Å². The predicted octanol–water partition coefficient (Wildman–Crippen LogP) is 3.73. The summed E-state index contributed by atoms with van der Waals surface area (Å²) >= 11 is 0. The van der Waals surface area contributed by atoms with Gasteiger partial charge in [0.1, 0.15) is 24.9 Å². The molecule has 0 N–H and O–H groups in total. The highest BCUT2D eigenvalue weighted by atomic mass is 16.8. The first-order chi connectivity index (χ1) is 14.7. The Morgan fingerprint density at radius 2 is 1.63 bits per heavy atom. The van der Waals surface area contributed by atoms with Gasteiger partial charge in [0.2, 0.25) is 0 Å². The first-order valence-corrected chi connectivity index (χ1v) is 9.59. The van der Waals surface area contributed by atoms with Crippen LogP contribution in [0.25, 0.3) is 10.4 Å². The quantitative estimate of drug-likeness (QED) is 0.283. The number of benzene rings is 2. The zero-order chi connectivity index (χ0) is 20.8. The second-order valence-corrected chi connectivity index (χ2v) is 6.94. The molecule has 9 heteroatoms. The zero-order valence-electron chi connectivity index (χ0n) is 16.1. The Morgan fingerprint density at radius 3 is 2.20 bits per heavy atom. The van der Waals surface area contributed by atoms with Crippen LogP contribution in [0.3, 0.4) is 0 Å². The van der Waals surface area contributed by atoms with Crippen LogP contribution in [0.2, 0.25) is 0 Å². The summed E-state index contributed by atoms with van der Waals surface area (Å²) in [5, 5.41) is 3.88. The molecule has 0 aliphatic carbocycles. The molecule has 2 fully saturated rings. The Morgan fingerprint density at radius 1 is 1.00 bits per heavy atom. The van der Waals surface area contributed by atoms with Gasteiger partial charge in [-0.1, -0.05) is 65.8 Å². The van der Waals surface area contributed by atoms with Crippen LogP contribution >= 0.6 is 0 Å². The van der Waals surface area contributed by atoms with Crippen molar-refractivity contribution in [1.29, 1.82) is 0 Å². The molecular formula is C21H21N3O6. The molecule has 2 saturated heterocycles. The number of nitrogens with zero attached hydrogens (tertiary/aromatic N) is 3. The van der Waals surface area contributed by atoms with Gasteiger partial charge in [-0.05, 0) is 16.7 Å². The van der Waals surface area contributed by atoms with Crippen LogP contribution in [-0.4, -0.2) is 43.4 Å². The highest BCUT2D eigenvalue weighted by Gasteiger charge is 2.52. The van der Waals surface area contributed by atoms with Gasteiger partial charge in [0.05, 0.1) is 13.2 Å². The molecule has 1 unspecified atom stereocenters. The Bertz CT molecular complexity index is 890. The summed E-state index contributed by atoms with van der Waals surface area (Å²) in [6.07, 6.45) is -3.68. The van der Waals surface area contributed by atoms with E-state index < -0.39 is 36.8 Å². The number of hydrogen-bond donors (Lipinski definition) is 0. The topological polar surface area (TPSA) is 112 Å². The average Bonchev–Trinajstić information content (AvgIpc) is 3.36. The average molecular weight is 411 g/mol. The number of cyclic esters (lactones) is 2. The molecule has 2 heterocycles. The van der Waals surface area contributed by atoms with Crippen molar-refractivity contribution in [3.8, 4) is 0 Å². The smallest absolute Gasteiger partial charge is 0.430 e. The van der Waals surface area contributed by atoms with Gasteiger partial charge < -0.3 is 23.7 Å². The molecule has 4 rings (SSSR count). The van der Waals surface area contributed by atoms with E-state index in [2.05, 4.69) is 10.0 Å². The molecule has 0 saturated carbocycles. The van der Waals surface area contributed by atoms with Gasteiger partial charge in [0.15, 0.2) is 12.4 Å². The first kappa shape index (κ1) is 20.2. The van der Waals surface area contributed by atoms with Crippen LogP contribution in [0.4, 0.5) is 4.79 Å². The lowest BCUT2D eigenvalue weighted by Gasteiger charge is -2.23. The van der Waals surface area contributed by atoms with Gasteiger partial charge in [-0.25, -0.2) is 4.79 Å². The molecule has 0 spiro atoms. The fourth-order valence-corrected chi connectivity index (χ4v) is 3.50. The summed E-state index contributed by atoms with van der Waals surface area (Å²) in [4.78, 5) is 14.4. The van der Waals surface area contributed by atoms with Crippen LogP contribution in [0.15, 0.2) is 65.8 Å². The number of ether oxygens (including phenoxy) is 5. The van der Waals surface area contributed by atoms with Gasteiger partial charge in [-0.15, -0.1) is 0 Å². The lowest BCUT2D eigenvalue weighted by Crippen LogP contribution is -2.41. The molecular weight excluding hydrogens is 390 g/mol. The normalized spacial score (nSPS) is 27.9. The minimum absolute atomic E-state index is 0.0308. The second-order valence-electron chi connectivity index (χ2n) is 6.94. The van der Waals surface area contributed by atoms with Crippen molar-refractivity contribution >= 4 is 6.16 Å². The number of carbonyl (C=O) groups excluding carboxylic acids is 1. The maximum absolute atomic E-state index is 11.4.